The number of aliphatic hydroxyl groups is 1. The van der Waals surface area contributed by atoms with Crippen molar-refractivity contribution in [3.63, 3.8) is 0 Å². The molecule has 8 heteroatoms. The largest absolute Gasteiger partial charge is 0.395 e. The number of amides is 1. The summed E-state index contributed by atoms with van der Waals surface area (Å²) in [5, 5.41) is 15.1. The van der Waals surface area contributed by atoms with Gasteiger partial charge >= 0.3 is 0 Å². The topological polar surface area (TPSA) is 83.6 Å². The normalized spacial score (nSPS) is 16.0. The number of carbonyl (C=O) groups is 1. The number of carbonyl (C=O) groups excluding carboxylic acids is 1. The fraction of sp³-hybridized carbons (Fsp3) is 0.391. The summed E-state index contributed by atoms with van der Waals surface area (Å²) in [6, 6.07) is 9.74. The average Bonchev–Trinajstić information content (AvgIpc) is 3.36. The molecule has 1 aromatic carbocycles. The maximum Gasteiger partial charge on any atom is 0.293 e. The lowest BCUT2D eigenvalue weighted by Gasteiger charge is -2.20. The second-order valence-electron chi connectivity index (χ2n) is 8.18. The number of hydrogen-bond acceptors (Lipinski definition) is 6. The summed E-state index contributed by atoms with van der Waals surface area (Å²) < 4.78 is 1.70. The fourth-order valence-corrected chi connectivity index (χ4v) is 5.87. The number of fused-ring (bicyclic) bond motifs is 5. The Morgan fingerprint density at radius 2 is 2.10 bits per heavy atom. The van der Waals surface area contributed by atoms with Crippen LogP contribution in [0.3, 0.4) is 0 Å². The van der Waals surface area contributed by atoms with Gasteiger partial charge in [0.15, 0.2) is 5.65 Å². The summed E-state index contributed by atoms with van der Waals surface area (Å²) >= 11 is 1.75. The Bertz CT molecular complexity index is 1260. The molecular weight excluding hydrogens is 410 g/mol. The van der Waals surface area contributed by atoms with E-state index in [1.807, 2.05) is 37.3 Å². The second-order valence-corrected chi connectivity index (χ2v) is 9.26. The summed E-state index contributed by atoms with van der Waals surface area (Å²) in [7, 11) is 0. The van der Waals surface area contributed by atoms with Crippen molar-refractivity contribution in [3.8, 4) is 0 Å². The Kier molecular flexibility index (Phi) is 5.19. The van der Waals surface area contributed by atoms with Gasteiger partial charge in [-0.25, -0.2) is 9.97 Å². The lowest BCUT2D eigenvalue weighted by Crippen LogP contribution is -2.33. The first-order valence-corrected chi connectivity index (χ1v) is 11.5. The first-order chi connectivity index (χ1) is 15.1. The highest BCUT2D eigenvalue weighted by molar-refractivity contribution is 7.19. The lowest BCUT2D eigenvalue weighted by molar-refractivity contribution is 0.0696. The predicted octanol–water partition coefficient (Wildman–Crippen LogP) is 3.72. The van der Waals surface area contributed by atoms with Gasteiger partial charge in [0.05, 0.1) is 12.0 Å². The third-order valence-electron chi connectivity index (χ3n) is 6.00. The van der Waals surface area contributed by atoms with E-state index in [9.17, 15) is 9.90 Å². The van der Waals surface area contributed by atoms with Crippen LogP contribution in [0.25, 0.3) is 15.9 Å². The van der Waals surface area contributed by atoms with Crippen molar-refractivity contribution in [3.05, 3.63) is 58.0 Å². The van der Waals surface area contributed by atoms with Crippen LogP contribution in [0, 0.1) is 6.92 Å². The minimum atomic E-state index is -0.286. The summed E-state index contributed by atoms with van der Waals surface area (Å²) in [5.41, 5.74) is 3.03. The monoisotopic (exact) mass is 435 g/mol. The molecule has 0 unspecified atom stereocenters. The van der Waals surface area contributed by atoms with Gasteiger partial charge in [-0.05, 0) is 43.2 Å². The predicted molar refractivity (Wildman–Crippen MR) is 121 cm³/mol. The molecule has 0 fully saturated rings. The molecule has 0 aliphatic heterocycles. The van der Waals surface area contributed by atoms with Crippen LogP contribution in [0.2, 0.25) is 0 Å². The lowest BCUT2D eigenvalue weighted by atomic mass is 9.87. The van der Waals surface area contributed by atoms with Gasteiger partial charge in [-0.3, -0.25) is 4.79 Å². The number of aromatic nitrogens is 4. The highest BCUT2D eigenvalue weighted by atomic mass is 32.1. The molecule has 3 heterocycles. The van der Waals surface area contributed by atoms with Crippen LogP contribution in [0.4, 0.5) is 0 Å². The van der Waals surface area contributed by atoms with Gasteiger partial charge < -0.3 is 10.0 Å². The van der Waals surface area contributed by atoms with Crippen molar-refractivity contribution >= 4 is 33.1 Å². The van der Waals surface area contributed by atoms with Gasteiger partial charge in [0, 0.05) is 18.0 Å². The first-order valence-electron chi connectivity index (χ1n) is 10.7. The first kappa shape index (κ1) is 20.1. The van der Waals surface area contributed by atoms with E-state index in [2.05, 4.69) is 12.0 Å². The molecule has 1 N–H and O–H groups in total. The average molecular weight is 436 g/mol. The standard InChI is InChI=1S/C23H25N5O2S/c1-14-7-6-10-17-18(14)19-21-25-20(26-28(21)15(2)24-22(19)31-17)23(30)27(11-12-29)13-16-8-4-3-5-9-16/h3-5,8-9,14,29H,6-7,10-13H2,1-2H3/t14-/m1/s1. The van der Waals surface area contributed by atoms with Gasteiger partial charge in [0.25, 0.3) is 5.91 Å². The molecule has 4 aromatic rings. The molecule has 0 bridgehead atoms. The van der Waals surface area contributed by atoms with Crippen LogP contribution in [-0.2, 0) is 13.0 Å². The van der Waals surface area contributed by atoms with E-state index in [1.165, 1.54) is 16.9 Å². The number of rotatable bonds is 5. The SMILES string of the molecule is Cc1nc2sc3c(c2c2nc(C(=O)N(CCO)Cc4ccccc4)nn12)[C@H](C)CCC3. The van der Waals surface area contributed by atoms with Gasteiger partial charge in [0.1, 0.15) is 10.7 Å². The smallest absolute Gasteiger partial charge is 0.293 e. The summed E-state index contributed by atoms with van der Waals surface area (Å²) in [6.45, 7) is 4.65. The summed E-state index contributed by atoms with van der Waals surface area (Å²) in [4.78, 5) is 26.7. The number of aryl methyl sites for hydroxylation is 2. The number of benzene rings is 1. The quantitative estimate of drug-likeness (QED) is 0.517. The zero-order valence-corrected chi connectivity index (χ0v) is 18.5. The van der Waals surface area contributed by atoms with E-state index in [-0.39, 0.29) is 24.9 Å². The van der Waals surface area contributed by atoms with Crippen LogP contribution in [0.15, 0.2) is 30.3 Å². The third-order valence-corrected chi connectivity index (χ3v) is 7.16. The van der Waals surface area contributed by atoms with Gasteiger partial charge in [-0.15, -0.1) is 16.4 Å². The van der Waals surface area contributed by atoms with Crippen molar-refractivity contribution in [2.24, 2.45) is 0 Å². The third kappa shape index (κ3) is 3.49. The molecule has 1 aliphatic rings. The van der Waals surface area contributed by atoms with Crippen LogP contribution >= 0.6 is 11.3 Å². The molecule has 1 amide bonds. The Hall–Kier alpha value is -2.84. The van der Waals surface area contributed by atoms with Crippen LogP contribution in [-0.4, -0.2) is 48.6 Å². The maximum absolute atomic E-state index is 13.3. The Morgan fingerprint density at radius 3 is 2.87 bits per heavy atom. The van der Waals surface area contributed by atoms with E-state index in [1.54, 1.807) is 20.8 Å². The fourth-order valence-electron chi connectivity index (χ4n) is 4.50. The molecule has 1 aliphatic carbocycles. The molecule has 0 spiro atoms. The van der Waals surface area contributed by atoms with E-state index in [4.69, 9.17) is 9.97 Å². The molecule has 0 saturated carbocycles. The molecule has 3 aromatic heterocycles. The number of thiophene rings is 1. The van der Waals surface area contributed by atoms with Gasteiger partial charge in [0.2, 0.25) is 5.82 Å². The van der Waals surface area contributed by atoms with E-state index < -0.39 is 0 Å². The van der Waals surface area contributed by atoms with Crippen LogP contribution in [0.1, 0.15) is 58.1 Å². The van der Waals surface area contributed by atoms with E-state index in [0.717, 1.165) is 34.4 Å². The molecule has 7 nitrogen and oxygen atoms in total. The van der Waals surface area contributed by atoms with Gasteiger partial charge in [-0.2, -0.15) is 4.52 Å². The van der Waals surface area contributed by atoms with Gasteiger partial charge in [-0.1, -0.05) is 37.3 Å². The van der Waals surface area contributed by atoms with Crippen LogP contribution < -0.4 is 0 Å². The van der Waals surface area contributed by atoms with Crippen molar-refractivity contribution in [1.29, 1.82) is 0 Å². The molecule has 31 heavy (non-hydrogen) atoms. The Balaban J connectivity index is 1.60. The minimum Gasteiger partial charge on any atom is -0.395 e. The number of aliphatic hydroxyl groups excluding tert-OH is 1. The Labute approximate surface area is 184 Å². The summed E-state index contributed by atoms with van der Waals surface area (Å²) in [6.07, 6.45) is 3.43. The molecule has 0 radical (unpaired) electrons. The highest BCUT2D eigenvalue weighted by Gasteiger charge is 2.28. The number of hydrogen-bond donors (Lipinski definition) is 1. The molecule has 1 atom stereocenters. The molecular formula is C23H25N5O2S. The van der Waals surface area contributed by atoms with Crippen LogP contribution in [0.5, 0.6) is 0 Å². The highest BCUT2D eigenvalue weighted by Crippen LogP contribution is 2.42. The number of nitrogens with zero attached hydrogens (tertiary/aromatic N) is 5. The molecule has 5 rings (SSSR count). The minimum absolute atomic E-state index is 0.119. The molecule has 0 saturated heterocycles. The zero-order valence-electron chi connectivity index (χ0n) is 17.7. The van der Waals surface area contributed by atoms with Crippen molar-refractivity contribution in [2.45, 2.75) is 45.6 Å². The summed E-state index contributed by atoms with van der Waals surface area (Å²) in [5.74, 6) is 1.03. The maximum atomic E-state index is 13.3. The second kappa shape index (κ2) is 8.01. The molecule has 160 valence electrons. The van der Waals surface area contributed by atoms with Crippen molar-refractivity contribution < 1.29 is 9.90 Å². The Morgan fingerprint density at radius 1 is 1.29 bits per heavy atom. The zero-order chi connectivity index (χ0) is 21.5. The van der Waals surface area contributed by atoms with Crippen molar-refractivity contribution in [2.75, 3.05) is 13.2 Å². The van der Waals surface area contributed by atoms with Crippen molar-refractivity contribution in [1.82, 2.24) is 24.5 Å². The van der Waals surface area contributed by atoms with E-state index in [0.29, 0.717) is 18.1 Å². The van der Waals surface area contributed by atoms with E-state index >= 15 is 0 Å².